The lowest BCUT2D eigenvalue weighted by molar-refractivity contribution is -0.145. The largest absolute Gasteiger partial charge is 0.490 e. The van der Waals surface area contributed by atoms with Crippen molar-refractivity contribution in [3.63, 3.8) is 0 Å². The third kappa shape index (κ3) is 3.20. The van der Waals surface area contributed by atoms with Crippen LogP contribution in [0.1, 0.15) is 11.1 Å². The predicted octanol–water partition coefficient (Wildman–Crippen LogP) is 2.45. The molecule has 110 valence electrons. The molecule has 21 heavy (non-hydrogen) atoms. The van der Waals surface area contributed by atoms with Gasteiger partial charge in [0, 0.05) is 0 Å². The minimum atomic E-state index is -1.66. The fourth-order valence-electron chi connectivity index (χ4n) is 1.97. The number of rotatable bonds is 5. The third-order valence-corrected chi connectivity index (χ3v) is 3.26. The van der Waals surface area contributed by atoms with Crippen LogP contribution in [0.5, 0.6) is 5.75 Å². The van der Waals surface area contributed by atoms with Crippen LogP contribution in [0.15, 0.2) is 48.5 Å². The molecule has 0 radical (unpaired) electrons. The van der Waals surface area contributed by atoms with E-state index in [9.17, 15) is 14.3 Å². The van der Waals surface area contributed by atoms with Crippen LogP contribution < -0.4 is 10.5 Å². The Balaban J connectivity index is 2.23. The fourth-order valence-corrected chi connectivity index (χ4v) is 1.97. The van der Waals surface area contributed by atoms with Crippen molar-refractivity contribution in [3.05, 3.63) is 65.5 Å². The molecule has 4 nitrogen and oxygen atoms in total. The maximum Gasteiger partial charge on any atom is 0.331 e. The van der Waals surface area contributed by atoms with Crippen LogP contribution in [0.2, 0.25) is 0 Å². The molecule has 0 aromatic heterocycles. The Labute approximate surface area is 122 Å². The monoisotopic (exact) mass is 289 g/mol. The highest BCUT2D eigenvalue weighted by molar-refractivity contribution is 5.80. The number of aliphatic carboxylic acids is 1. The van der Waals surface area contributed by atoms with Gasteiger partial charge in [0.25, 0.3) is 0 Å². The summed E-state index contributed by atoms with van der Waals surface area (Å²) in [5.41, 5.74) is 5.35. The van der Waals surface area contributed by atoms with Gasteiger partial charge in [-0.05, 0) is 36.2 Å². The predicted molar refractivity (Wildman–Crippen MR) is 76.6 cm³/mol. The van der Waals surface area contributed by atoms with E-state index in [0.29, 0.717) is 16.9 Å². The zero-order valence-electron chi connectivity index (χ0n) is 11.5. The van der Waals surface area contributed by atoms with Crippen molar-refractivity contribution < 1.29 is 19.0 Å². The molecule has 0 fully saturated rings. The Bertz CT molecular complexity index is 645. The SMILES string of the molecule is Cc1cc(F)ccc1OCC(N)(C(=O)O)c1ccccc1. The molecule has 3 N–H and O–H groups in total. The van der Waals surface area contributed by atoms with Crippen LogP contribution in [0.25, 0.3) is 0 Å². The molecule has 5 heteroatoms. The summed E-state index contributed by atoms with van der Waals surface area (Å²) in [5, 5.41) is 9.41. The molecule has 0 bridgehead atoms. The van der Waals surface area contributed by atoms with Gasteiger partial charge in [-0.1, -0.05) is 30.3 Å². The van der Waals surface area contributed by atoms with Crippen molar-refractivity contribution in [3.8, 4) is 5.75 Å². The molecule has 1 unspecified atom stereocenters. The van der Waals surface area contributed by atoms with Crippen LogP contribution in [0, 0.1) is 12.7 Å². The second-order valence-corrected chi connectivity index (χ2v) is 4.84. The van der Waals surface area contributed by atoms with E-state index < -0.39 is 11.5 Å². The standard InChI is InChI=1S/C16H16FNO3/c1-11-9-13(17)7-8-14(11)21-10-16(18,15(19)20)12-5-3-2-4-6-12/h2-9H,10,18H2,1H3,(H,19,20). The molecule has 0 aliphatic heterocycles. The Morgan fingerprint density at radius 2 is 1.95 bits per heavy atom. The summed E-state index contributed by atoms with van der Waals surface area (Å²) in [7, 11) is 0. The number of nitrogens with two attached hydrogens (primary N) is 1. The van der Waals surface area contributed by atoms with Crippen LogP contribution in [-0.2, 0) is 10.3 Å². The van der Waals surface area contributed by atoms with Crippen molar-refractivity contribution in [2.45, 2.75) is 12.5 Å². The first kappa shape index (κ1) is 15.0. The average Bonchev–Trinajstić information content (AvgIpc) is 2.46. The Morgan fingerprint density at radius 3 is 2.52 bits per heavy atom. The van der Waals surface area contributed by atoms with Crippen molar-refractivity contribution in [2.24, 2.45) is 5.73 Å². The zero-order valence-corrected chi connectivity index (χ0v) is 11.5. The number of benzene rings is 2. The third-order valence-electron chi connectivity index (χ3n) is 3.26. The van der Waals surface area contributed by atoms with Gasteiger partial charge in [-0.25, -0.2) is 9.18 Å². The summed E-state index contributed by atoms with van der Waals surface area (Å²) in [4.78, 5) is 11.5. The highest BCUT2D eigenvalue weighted by atomic mass is 19.1. The summed E-state index contributed by atoms with van der Waals surface area (Å²) in [5.74, 6) is -1.16. The highest BCUT2D eigenvalue weighted by Crippen LogP contribution is 2.23. The van der Waals surface area contributed by atoms with E-state index in [1.165, 1.54) is 18.2 Å². The summed E-state index contributed by atoms with van der Waals surface area (Å²) in [6.07, 6.45) is 0. The molecular weight excluding hydrogens is 273 g/mol. The van der Waals surface area contributed by atoms with Gasteiger partial charge in [-0.3, -0.25) is 0 Å². The molecule has 0 saturated heterocycles. The van der Waals surface area contributed by atoms with E-state index in [1.54, 1.807) is 37.3 Å². The van der Waals surface area contributed by atoms with E-state index in [-0.39, 0.29) is 12.4 Å². The van der Waals surface area contributed by atoms with Gasteiger partial charge in [0.1, 0.15) is 18.2 Å². The molecule has 0 heterocycles. The van der Waals surface area contributed by atoms with Crippen LogP contribution in [0.4, 0.5) is 4.39 Å². The van der Waals surface area contributed by atoms with Crippen molar-refractivity contribution in [1.29, 1.82) is 0 Å². The van der Waals surface area contributed by atoms with E-state index in [2.05, 4.69) is 0 Å². The van der Waals surface area contributed by atoms with Gasteiger partial charge in [0.15, 0.2) is 5.54 Å². The van der Waals surface area contributed by atoms with Gasteiger partial charge in [0.2, 0.25) is 0 Å². The van der Waals surface area contributed by atoms with Crippen molar-refractivity contribution in [1.82, 2.24) is 0 Å². The summed E-state index contributed by atoms with van der Waals surface area (Å²) in [6, 6.07) is 12.5. The maximum absolute atomic E-state index is 13.0. The van der Waals surface area contributed by atoms with Crippen LogP contribution in [-0.4, -0.2) is 17.7 Å². The first-order chi connectivity index (χ1) is 9.93. The van der Waals surface area contributed by atoms with Gasteiger partial charge >= 0.3 is 5.97 Å². The molecule has 0 aliphatic rings. The van der Waals surface area contributed by atoms with E-state index in [1.807, 2.05) is 0 Å². The Hall–Kier alpha value is -2.40. The smallest absolute Gasteiger partial charge is 0.331 e. The molecule has 2 aromatic rings. The molecule has 1 atom stereocenters. The lowest BCUT2D eigenvalue weighted by atomic mass is 9.92. The quantitative estimate of drug-likeness (QED) is 0.886. The maximum atomic E-state index is 13.0. The van der Waals surface area contributed by atoms with Gasteiger partial charge in [-0.15, -0.1) is 0 Å². The molecule has 0 spiro atoms. The van der Waals surface area contributed by atoms with E-state index >= 15 is 0 Å². The number of hydrogen-bond acceptors (Lipinski definition) is 3. The number of hydrogen-bond donors (Lipinski definition) is 2. The average molecular weight is 289 g/mol. The molecule has 2 aromatic carbocycles. The van der Waals surface area contributed by atoms with E-state index in [4.69, 9.17) is 10.5 Å². The molecule has 0 amide bonds. The van der Waals surface area contributed by atoms with Gasteiger partial charge < -0.3 is 15.6 Å². The first-order valence-corrected chi connectivity index (χ1v) is 6.40. The minimum absolute atomic E-state index is 0.251. The number of carbonyl (C=O) groups is 1. The Morgan fingerprint density at radius 1 is 1.29 bits per heavy atom. The fraction of sp³-hybridized carbons (Fsp3) is 0.188. The second-order valence-electron chi connectivity index (χ2n) is 4.84. The summed E-state index contributed by atoms with van der Waals surface area (Å²) in [6.45, 7) is 1.43. The number of ether oxygens (including phenoxy) is 1. The number of aryl methyl sites for hydroxylation is 1. The zero-order chi connectivity index (χ0) is 15.5. The number of halogens is 1. The lowest BCUT2D eigenvalue weighted by Gasteiger charge is -2.25. The lowest BCUT2D eigenvalue weighted by Crippen LogP contribution is -2.49. The normalized spacial score (nSPS) is 13.5. The highest BCUT2D eigenvalue weighted by Gasteiger charge is 2.37. The first-order valence-electron chi connectivity index (χ1n) is 6.40. The van der Waals surface area contributed by atoms with Gasteiger partial charge in [-0.2, -0.15) is 0 Å². The molecular formula is C16H16FNO3. The Kier molecular flexibility index (Phi) is 4.23. The van der Waals surface area contributed by atoms with Gasteiger partial charge in [0.05, 0.1) is 0 Å². The number of carboxylic acids is 1. The van der Waals surface area contributed by atoms with Crippen LogP contribution >= 0.6 is 0 Å². The minimum Gasteiger partial charge on any atom is -0.490 e. The van der Waals surface area contributed by atoms with Crippen molar-refractivity contribution >= 4 is 5.97 Å². The van der Waals surface area contributed by atoms with Crippen molar-refractivity contribution in [2.75, 3.05) is 6.61 Å². The molecule has 0 aliphatic carbocycles. The molecule has 0 saturated carbocycles. The van der Waals surface area contributed by atoms with E-state index in [0.717, 1.165) is 0 Å². The number of carboxylic acid groups (broad SMARTS) is 1. The topological polar surface area (TPSA) is 72.5 Å². The molecule has 2 rings (SSSR count). The second kappa shape index (κ2) is 5.93. The van der Waals surface area contributed by atoms with Crippen LogP contribution in [0.3, 0.4) is 0 Å². The summed E-state index contributed by atoms with van der Waals surface area (Å²) < 4.78 is 18.5. The summed E-state index contributed by atoms with van der Waals surface area (Å²) >= 11 is 0.